The molecule has 0 radical (unpaired) electrons. The summed E-state index contributed by atoms with van der Waals surface area (Å²) >= 11 is 0. The summed E-state index contributed by atoms with van der Waals surface area (Å²) in [7, 11) is 0. The lowest BCUT2D eigenvalue weighted by atomic mass is 9.92. The third kappa shape index (κ3) is 4.70. The normalized spacial score (nSPS) is 13.3. The van der Waals surface area contributed by atoms with E-state index in [0.29, 0.717) is 6.42 Å². The van der Waals surface area contributed by atoms with Crippen LogP contribution in [0.1, 0.15) is 31.7 Å². The summed E-state index contributed by atoms with van der Waals surface area (Å²) in [6, 6.07) is 11.3. The first-order valence-electron chi connectivity index (χ1n) is 6.39. The molecule has 0 heterocycles. The number of nitriles is 1. The summed E-state index contributed by atoms with van der Waals surface area (Å²) < 4.78 is 19.4. The van der Waals surface area contributed by atoms with E-state index in [9.17, 15) is 9.18 Å². The summed E-state index contributed by atoms with van der Waals surface area (Å²) in [5.74, 6) is -0.860. The smallest absolute Gasteiger partial charge is 0.343 e. The van der Waals surface area contributed by atoms with Gasteiger partial charge in [-0.05, 0) is 25.3 Å². The predicted molar refractivity (Wildman–Crippen MR) is 70.1 cm³/mol. The summed E-state index contributed by atoms with van der Waals surface area (Å²) in [4.78, 5) is 11.7. The highest BCUT2D eigenvalue weighted by atomic mass is 19.1. The standard InChI is InChI=1S/C15H18FNO2/c1-2-19-14(18)15(16,10-6-12-17)11-9-13-7-4-3-5-8-13/h3-5,7-8H,2,6,9-11H2,1H3. The Hall–Kier alpha value is -1.89. The van der Waals surface area contributed by atoms with Crippen molar-refractivity contribution in [3.63, 3.8) is 0 Å². The van der Waals surface area contributed by atoms with Gasteiger partial charge in [0.1, 0.15) is 0 Å². The molecule has 1 unspecified atom stereocenters. The molecule has 4 heteroatoms. The molecule has 1 rings (SSSR count). The molecule has 0 aromatic heterocycles. The summed E-state index contributed by atoms with van der Waals surface area (Å²) in [5.41, 5.74) is -1.10. The largest absolute Gasteiger partial charge is 0.464 e. The van der Waals surface area contributed by atoms with E-state index < -0.39 is 11.6 Å². The Labute approximate surface area is 113 Å². The van der Waals surface area contributed by atoms with Crippen LogP contribution < -0.4 is 0 Å². The number of rotatable bonds is 7. The minimum Gasteiger partial charge on any atom is -0.464 e. The average molecular weight is 263 g/mol. The first-order chi connectivity index (χ1) is 9.12. The summed E-state index contributed by atoms with van der Waals surface area (Å²) in [6.07, 6.45) is 0.373. The van der Waals surface area contributed by atoms with Gasteiger partial charge < -0.3 is 4.74 Å². The van der Waals surface area contributed by atoms with Gasteiger partial charge in [0.25, 0.3) is 0 Å². The molecule has 0 saturated heterocycles. The third-order valence-corrected chi connectivity index (χ3v) is 2.93. The average Bonchev–Trinajstić information content (AvgIpc) is 2.44. The fraction of sp³-hybridized carbons (Fsp3) is 0.467. The van der Waals surface area contributed by atoms with Crippen LogP contribution in [-0.4, -0.2) is 18.2 Å². The van der Waals surface area contributed by atoms with Gasteiger partial charge in [-0.1, -0.05) is 30.3 Å². The summed E-state index contributed by atoms with van der Waals surface area (Å²) in [5, 5.41) is 8.56. The Bertz CT molecular complexity index is 441. The van der Waals surface area contributed by atoms with Crippen LogP contribution in [0.2, 0.25) is 0 Å². The Morgan fingerprint density at radius 3 is 2.63 bits per heavy atom. The zero-order valence-electron chi connectivity index (χ0n) is 11.1. The maximum Gasteiger partial charge on any atom is 0.343 e. The first-order valence-corrected chi connectivity index (χ1v) is 6.39. The van der Waals surface area contributed by atoms with Crippen molar-refractivity contribution < 1.29 is 13.9 Å². The molecule has 0 aliphatic rings. The van der Waals surface area contributed by atoms with Crippen LogP contribution >= 0.6 is 0 Å². The van der Waals surface area contributed by atoms with Crippen molar-refractivity contribution >= 4 is 5.97 Å². The number of carbonyl (C=O) groups excluding carboxylic acids is 1. The molecule has 0 bridgehead atoms. The number of alkyl halides is 1. The van der Waals surface area contributed by atoms with E-state index in [0.717, 1.165) is 5.56 Å². The second-order valence-corrected chi connectivity index (χ2v) is 4.33. The third-order valence-electron chi connectivity index (χ3n) is 2.93. The molecule has 0 N–H and O–H groups in total. The molecule has 102 valence electrons. The van der Waals surface area contributed by atoms with E-state index >= 15 is 0 Å². The molecular formula is C15H18FNO2. The van der Waals surface area contributed by atoms with Crippen LogP contribution in [0.4, 0.5) is 4.39 Å². The van der Waals surface area contributed by atoms with Gasteiger partial charge >= 0.3 is 5.97 Å². The zero-order valence-corrected chi connectivity index (χ0v) is 11.1. The molecule has 1 atom stereocenters. The maximum atomic E-state index is 14.6. The summed E-state index contributed by atoms with van der Waals surface area (Å²) in [6.45, 7) is 1.78. The highest BCUT2D eigenvalue weighted by Gasteiger charge is 2.39. The minimum atomic E-state index is -2.07. The predicted octanol–water partition coefficient (Wildman–Crippen LogP) is 3.19. The second kappa shape index (κ2) is 7.52. The van der Waals surface area contributed by atoms with Crippen molar-refractivity contribution in [2.75, 3.05) is 6.61 Å². The lowest BCUT2D eigenvalue weighted by molar-refractivity contribution is -0.158. The molecule has 1 aromatic carbocycles. The highest BCUT2D eigenvalue weighted by molar-refractivity contribution is 5.79. The van der Waals surface area contributed by atoms with E-state index in [2.05, 4.69) is 0 Å². The lowest BCUT2D eigenvalue weighted by Gasteiger charge is -2.22. The fourth-order valence-corrected chi connectivity index (χ4v) is 1.83. The van der Waals surface area contributed by atoms with Crippen molar-refractivity contribution in [3.05, 3.63) is 35.9 Å². The van der Waals surface area contributed by atoms with Crippen molar-refractivity contribution in [2.24, 2.45) is 0 Å². The van der Waals surface area contributed by atoms with Gasteiger partial charge in [-0.25, -0.2) is 9.18 Å². The molecule has 19 heavy (non-hydrogen) atoms. The molecule has 1 aromatic rings. The van der Waals surface area contributed by atoms with Crippen LogP contribution in [0, 0.1) is 11.3 Å². The van der Waals surface area contributed by atoms with Crippen LogP contribution in [0.25, 0.3) is 0 Å². The molecule has 0 saturated carbocycles. The van der Waals surface area contributed by atoms with Crippen LogP contribution in [-0.2, 0) is 16.0 Å². The highest BCUT2D eigenvalue weighted by Crippen LogP contribution is 2.26. The SMILES string of the molecule is CCOC(=O)C(F)(CCC#N)CCc1ccccc1. The first kappa shape index (κ1) is 15.2. The Morgan fingerprint density at radius 2 is 2.05 bits per heavy atom. The van der Waals surface area contributed by atoms with Gasteiger partial charge in [0.15, 0.2) is 0 Å². The van der Waals surface area contributed by atoms with Gasteiger partial charge in [-0.15, -0.1) is 0 Å². The number of nitrogens with zero attached hydrogens (tertiary/aromatic N) is 1. The topological polar surface area (TPSA) is 50.1 Å². The number of carbonyl (C=O) groups is 1. The second-order valence-electron chi connectivity index (χ2n) is 4.33. The molecule has 0 amide bonds. The van der Waals surface area contributed by atoms with Crippen LogP contribution in [0.3, 0.4) is 0 Å². The van der Waals surface area contributed by atoms with E-state index in [-0.39, 0.29) is 25.9 Å². The number of aryl methyl sites for hydroxylation is 1. The molecule has 0 aliphatic carbocycles. The molecule has 3 nitrogen and oxygen atoms in total. The van der Waals surface area contributed by atoms with Gasteiger partial charge in [0, 0.05) is 12.8 Å². The molecule has 0 spiro atoms. The monoisotopic (exact) mass is 263 g/mol. The fourth-order valence-electron chi connectivity index (χ4n) is 1.83. The number of ether oxygens (including phenoxy) is 1. The molecule has 0 fully saturated rings. The molecule has 0 aliphatic heterocycles. The Morgan fingerprint density at radius 1 is 1.37 bits per heavy atom. The van der Waals surface area contributed by atoms with Gasteiger partial charge in [0.05, 0.1) is 12.7 Å². The van der Waals surface area contributed by atoms with Crippen molar-refractivity contribution in [1.29, 1.82) is 5.26 Å². The van der Waals surface area contributed by atoms with Crippen LogP contribution in [0.5, 0.6) is 0 Å². The lowest BCUT2D eigenvalue weighted by Crippen LogP contribution is -2.36. The number of halogens is 1. The van der Waals surface area contributed by atoms with Crippen molar-refractivity contribution in [3.8, 4) is 6.07 Å². The van der Waals surface area contributed by atoms with Gasteiger partial charge in [-0.2, -0.15) is 5.26 Å². The molecular weight excluding hydrogens is 245 g/mol. The number of hydrogen-bond acceptors (Lipinski definition) is 3. The number of esters is 1. The van der Waals surface area contributed by atoms with Crippen LogP contribution in [0.15, 0.2) is 30.3 Å². The quantitative estimate of drug-likeness (QED) is 0.710. The van der Waals surface area contributed by atoms with E-state index in [4.69, 9.17) is 10.00 Å². The maximum absolute atomic E-state index is 14.6. The Kier molecular flexibility index (Phi) is 6.01. The van der Waals surface area contributed by atoms with E-state index in [1.807, 2.05) is 36.4 Å². The minimum absolute atomic E-state index is 0.00407. The number of hydrogen-bond donors (Lipinski definition) is 0. The van der Waals surface area contributed by atoms with Crippen molar-refractivity contribution in [1.82, 2.24) is 0 Å². The zero-order chi connectivity index (χ0) is 14.1. The van der Waals surface area contributed by atoms with Gasteiger partial charge in [-0.3, -0.25) is 0 Å². The van der Waals surface area contributed by atoms with Crippen molar-refractivity contribution in [2.45, 2.75) is 38.3 Å². The number of benzene rings is 1. The van der Waals surface area contributed by atoms with Gasteiger partial charge in [0.2, 0.25) is 5.67 Å². The Balaban J connectivity index is 2.69. The van der Waals surface area contributed by atoms with E-state index in [1.54, 1.807) is 6.92 Å². The van der Waals surface area contributed by atoms with E-state index in [1.165, 1.54) is 0 Å².